The van der Waals surface area contributed by atoms with Crippen LogP contribution in [0.5, 0.6) is 0 Å². The van der Waals surface area contributed by atoms with E-state index in [9.17, 15) is 4.79 Å². The first kappa shape index (κ1) is 16.3. The van der Waals surface area contributed by atoms with Gasteiger partial charge in [-0.25, -0.2) is 9.67 Å². The number of pyridine rings is 1. The number of hydrogen-bond acceptors (Lipinski definition) is 4. The lowest BCUT2D eigenvalue weighted by Gasteiger charge is -2.10. The highest BCUT2D eigenvalue weighted by Crippen LogP contribution is 2.21. The highest BCUT2D eigenvalue weighted by Gasteiger charge is 2.16. The van der Waals surface area contributed by atoms with Gasteiger partial charge in [-0.3, -0.25) is 4.79 Å². The second kappa shape index (κ2) is 7.31. The second-order valence-electron chi connectivity index (χ2n) is 5.29. The number of anilines is 1. The number of aromatic nitrogens is 3. The fraction of sp³-hybridized carbons (Fsp3) is 0.167. The minimum absolute atomic E-state index is 0.164. The molecule has 0 bridgehead atoms. The van der Waals surface area contributed by atoms with Crippen molar-refractivity contribution in [2.75, 3.05) is 11.6 Å². The van der Waals surface area contributed by atoms with Gasteiger partial charge in [-0.2, -0.15) is 16.9 Å². The lowest BCUT2D eigenvalue weighted by atomic mass is 10.2. The third kappa shape index (κ3) is 3.33. The third-order valence-electron chi connectivity index (χ3n) is 3.69. The molecule has 2 aromatic heterocycles. The number of hydrogen-bond donors (Lipinski definition) is 1. The summed E-state index contributed by atoms with van der Waals surface area (Å²) in [6, 6.07) is 13.4. The van der Waals surface area contributed by atoms with Crippen LogP contribution in [0.2, 0.25) is 0 Å². The number of thioether (sulfide) groups is 1. The summed E-state index contributed by atoms with van der Waals surface area (Å²) in [5.74, 6) is 1.38. The van der Waals surface area contributed by atoms with Crippen LogP contribution < -0.4 is 5.32 Å². The van der Waals surface area contributed by atoms with E-state index in [1.807, 2.05) is 55.6 Å². The third-order valence-corrected chi connectivity index (χ3v) is 4.29. The topological polar surface area (TPSA) is 59.8 Å². The summed E-state index contributed by atoms with van der Waals surface area (Å²) in [5, 5.41) is 7.29. The van der Waals surface area contributed by atoms with E-state index in [4.69, 9.17) is 0 Å². The van der Waals surface area contributed by atoms with Crippen molar-refractivity contribution in [2.45, 2.75) is 12.7 Å². The summed E-state index contributed by atoms with van der Waals surface area (Å²) in [6.07, 6.45) is 5.32. The van der Waals surface area contributed by atoms with Crippen LogP contribution in [0.4, 0.5) is 5.69 Å². The van der Waals surface area contributed by atoms with Gasteiger partial charge in [0.25, 0.3) is 5.91 Å². The average molecular weight is 338 g/mol. The maximum absolute atomic E-state index is 12.6. The number of para-hydroxylation sites is 1. The number of benzene rings is 1. The van der Waals surface area contributed by atoms with Crippen LogP contribution in [-0.2, 0) is 5.75 Å². The van der Waals surface area contributed by atoms with E-state index >= 15 is 0 Å². The highest BCUT2D eigenvalue weighted by molar-refractivity contribution is 7.97. The van der Waals surface area contributed by atoms with Crippen LogP contribution in [-0.4, -0.2) is 26.9 Å². The molecule has 2 heterocycles. The normalized spacial score (nSPS) is 10.6. The van der Waals surface area contributed by atoms with Gasteiger partial charge in [-0.1, -0.05) is 24.3 Å². The molecule has 0 atom stereocenters. The van der Waals surface area contributed by atoms with Crippen molar-refractivity contribution < 1.29 is 4.79 Å². The van der Waals surface area contributed by atoms with Gasteiger partial charge >= 0.3 is 0 Å². The molecule has 0 fully saturated rings. The molecule has 0 aliphatic heterocycles. The number of rotatable bonds is 5. The van der Waals surface area contributed by atoms with Crippen molar-refractivity contribution in [2.24, 2.45) is 0 Å². The molecule has 0 aliphatic rings. The maximum atomic E-state index is 12.6. The predicted molar refractivity (Wildman–Crippen MR) is 97.7 cm³/mol. The quantitative estimate of drug-likeness (QED) is 0.771. The zero-order valence-corrected chi connectivity index (χ0v) is 14.4. The van der Waals surface area contributed by atoms with Crippen LogP contribution in [0, 0.1) is 6.92 Å². The molecule has 3 rings (SSSR count). The zero-order valence-electron chi connectivity index (χ0n) is 13.6. The van der Waals surface area contributed by atoms with Gasteiger partial charge in [-0.15, -0.1) is 0 Å². The molecule has 1 amide bonds. The van der Waals surface area contributed by atoms with Gasteiger partial charge in [0.1, 0.15) is 0 Å². The van der Waals surface area contributed by atoms with Crippen LogP contribution in [0.15, 0.2) is 54.9 Å². The van der Waals surface area contributed by atoms with Crippen LogP contribution in [0.3, 0.4) is 0 Å². The fourth-order valence-corrected chi connectivity index (χ4v) is 3.02. The zero-order chi connectivity index (χ0) is 16.9. The Morgan fingerprint density at radius 1 is 1.21 bits per heavy atom. The minimum Gasteiger partial charge on any atom is -0.322 e. The lowest BCUT2D eigenvalue weighted by molar-refractivity contribution is 0.102. The molecule has 6 heteroatoms. The van der Waals surface area contributed by atoms with Crippen LogP contribution >= 0.6 is 11.8 Å². The fourth-order valence-electron chi connectivity index (χ4n) is 2.46. The molecule has 122 valence electrons. The Labute approximate surface area is 145 Å². The molecule has 0 saturated carbocycles. The Morgan fingerprint density at radius 2 is 2.00 bits per heavy atom. The van der Waals surface area contributed by atoms with E-state index < -0.39 is 0 Å². The summed E-state index contributed by atoms with van der Waals surface area (Å²) in [7, 11) is 0. The van der Waals surface area contributed by atoms with E-state index in [2.05, 4.69) is 15.4 Å². The van der Waals surface area contributed by atoms with Crippen molar-refractivity contribution in [3.63, 3.8) is 0 Å². The van der Waals surface area contributed by atoms with Crippen molar-refractivity contribution in [3.8, 4) is 5.82 Å². The standard InChI is InChI=1S/C18H18N4OS/c1-13-15(11-20-22(13)17-9-5-6-10-19-17)18(23)21-16-8-4-3-7-14(16)12-24-2/h3-11H,12H2,1-2H3,(H,21,23). The van der Waals surface area contributed by atoms with Crippen molar-refractivity contribution in [1.82, 2.24) is 14.8 Å². The summed E-state index contributed by atoms with van der Waals surface area (Å²) >= 11 is 1.72. The molecule has 0 unspecified atom stereocenters. The second-order valence-corrected chi connectivity index (χ2v) is 6.15. The largest absolute Gasteiger partial charge is 0.322 e. The predicted octanol–water partition coefficient (Wildman–Crippen LogP) is 3.69. The Balaban J connectivity index is 1.86. The number of carbonyl (C=O) groups is 1. The van der Waals surface area contributed by atoms with E-state index in [1.165, 1.54) is 0 Å². The van der Waals surface area contributed by atoms with E-state index in [0.717, 1.165) is 22.7 Å². The summed E-state index contributed by atoms with van der Waals surface area (Å²) in [6.45, 7) is 1.87. The van der Waals surface area contributed by atoms with E-state index in [-0.39, 0.29) is 5.91 Å². The van der Waals surface area contributed by atoms with Crippen molar-refractivity contribution in [1.29, 1.82) is 0 Å². The molecule has 0 spiro atoms. The van der Waals surface area contributed by atoms with E-state index in [0.29, 0.717) is 11.4 Å². The molecular weight excluding hydrogens is 320 g/mol. The highest BCUT2D eigenvalue weighted by atomic mass is 32.2. The first-order valence-corrected chi connectivity index (χ1v) is 8.94. The van der Waals surface area contributed by atoms with Gasteiger partial charge in [0.05, 0.1) is 17.5 Å². The van der Waals surface area contributed by atoms with Crippen LogP contribution in [0.1, 0.15) is 21.6 Å². The molecule has 24 heavy (non-hydrogen) atoms. The number of nitrogens with zero attached hydrogens (tertiary/aromatic N) is 3. The Morgan fingerprint density at radius 3 is 2.75 bits per heavy atom. The molecule has 0 aliphatic carbocycles. The molecule has 0 radical (unpaired) electrons. The molecule has 0 saturated heterocycles. The minimum atomic E-state index is -0.164. The molecule has 5 nitrogen and oxygen atoms in total. The van der Waals surface area contributed by atoms with Crippen molar-refractivity contribution in [3.05, 3.63) is 71.7 Å². The lowest BCUT2D eigenvalue weighted by Crippen LogP contribution is -2.14. The monoisotopic (exact) mass is 338 g/mol. The Bertz CT molecular complexity index is 845. The summed E-state index contributed by atoms with van der Waals surface area (Å²) in [4.78, 5) is 16.9. The first-order valence-electron chi connectivity index (χ1n) is 7.55. The summed E-state index contributed by atoms with van der Waals surface area (Å²) < 4.78 is 1.67. The van der Waals surface area contributed by atoms with Gasteiger partial charge in [0.2, 0.25) is 0 Å². The van der Waals surface area contributed by atoms with Gasteiger partial charge < -0.3 is 5.32 Å². The maximum Gasteiger partial charge on any atom is 0.259 e. The molecule has 1 N–H and O–H groups in total. The number of carbonyl (C=O) groups excluding carboxylic acids is 1. The Hall–Kier alpha value is -2.60. The van der Waals surface area contributed by atoms with Crippen LogP contribution in [0.25, 0.3) is 5.82 Å². The Kier molecular flexibility index (Phi) is 4.96. The van der Waals surface area contributed by atoms with Gasteiger partial charge in [-0.05, 0) is 36.9 Å². The smallest absolute Gasteiger partial charge is 0.259 e. The van der Waals surface area contributed by atoms with E-state index in [1.54, 1.807) is 28.8 Å². The number of amides is 1. The van der Waals surface area contributed by atoms with Crippen molar-refractivity contribution >= 4 is 23.4 Å². The summed E-state index contributed by atoms with van der Waals surface area (Å²) in [5.41, 5.74) is 3.24. The first-order chi connectivity index (χ1) is 11.7. The van der Waals surface area contributed by atoms with Gasteiger partial charge in [0, 0.05) is 17.6 Å². The SMILES string of the molecule is CSCc1ccccc1NC(=O)c1cnn(-c2ccccn2)c1C. The molecular formula is C18H18N4OS. The van der Waals surface area contributed by atoms with Gasteiger partial charge in [0.15, 0.2) is 5.82 Å². The number of nitrogens with one attached hydrogen (secondary N) is 1. The molecule has 3 aromatic rings. The molecule has 1 aromatic carbocycles. The average Bonchev–Trinajstić information content (AvgIpc) is 2.99.